The Kier molecular flexibility index (Phi) is 3.10. The zero-order chi connectivity index (χ0) is 15.0. The fourth-order valence-corrected chi connectivity index (χ4v) is 2.36. The number of aryl methyl sites for hydroxylation is 1. The summed E-state index contributed by atoms with van der Waals surface area (Å²) in [6, 6.07) is 8.97. The van der Waals surface area contributed by atoms with E-state index in [4.69, 9.17) is 4.74 Å². The van der Waals surface area contributed by atoms with E-state index in [-0.39, 0.29) is 5.56 Å². The fraction of sp³-hybridized carbons (Fsp3) is 0.125. The molecule has 3 rings (SSSR count). The van der Waals surface area contributed by atoms with E-state index in [0.717, 1.165) is 22.6 Å². The zero-order valence-corrected chi connectivity index (χ0v) is 11.7. The van der Waals surface area contributed by atoms with Gasteiger partial charge in [-0.15, -0.1) is 0 Å². The molecule has 106 valence electrons. The first-order valence-electron chi connectivity index (χ1n) is 6.46. The number of ether oxygens (including phenoxy) is 1. The van der Waals surface area contributed by atoms with Crippen molar-refractivity contribution in [2.45, 2.75) is 6.92 Å². The number of benzene rings is 1. The largest absolute Gasteiger partial charge is 0.497 e. The number of nitrogens with zero attached hydrogens (tertiary/aromatic N) is 2. The molecule has 0 saturated heterocycles. The Morgan fingerprint density at radius 3 is 2.81 bits per heavy atom. The summed E-state index contributed by atoms with van der Waals surface area (Å²) in [4.78, 5) is 15.7. The van der Waals surface area contributed by atoms with Crippen molar-refractivity contribution in [2.24, 2.45) is 0 Å². The van der Waals surface area contributed by atoms with E-state index in [1.165, 1.54) is 0 Å². The summed E-state index contributed by atoms with van der Waals surface area (Å²) in [5.41, 5.74) is 3.35. The number of rotatable bonds is 3. The van der Waals surface area contributed by atoms with Crippen molar-refractivity contribution in [3.8, 4) is 17.0 Å². The Labute approximate surface area is 121 Å². The summed E-state index contributed by atoms with van der Waals surface area (Å²) in [6.45, 7) is 1.97. The minimum absolute atomic E-state index is 0.190. The number of methoxy groups -OCH3 is 1. The predicted octanol–water partition coefficient (Wildman–Crippen LogP) is 3.02. The first kappa shape index (κ1) is 13.2. The first-order chi connectivity index (χ1) is 10.1. The van der Waals surface area contributed by atoms with Crippen LogP contribution < -0.4 is 4.74 Å². The number of aromatic carboxylic acids is 1. The number of carbonyl (C=O) groups is 1. The van der Waals surface area contributed by atoms with E-state index in [1.54, 1.807) is 29.8 Å². The van der Waals surface area contributed by atoms with E-state index >= 15 is 0 Å². The van der Waals surface area contributed by atoms with Gasteiger partial charge in [0.15, 0.2) is 5.65 Å². The highest BCUT2D eigenvalue weighted by molar-refractivity contribution is 5.94. The van der Waals surface area contributed by atoms with E-state index < -0.39 is 5.97 Å². The van der Waals surface area contributed by atoms with Gasteiger partial charge in [-0.3, -0.25) is 0 Å². The van der Waals surface area contributed by atoms with Crippen molar-refractivity contribution in [1.82, 2.24) is 9.38 Å². The molecule has 0 aliphatic rings. The number of hydrogen-bond acceptors (Lipinski definition) is 3. The molecule has 1 aromatic carbocycles. The highest BCUT2D eigenvalue weighted by atomic mass is 16.5. The molecule has 3 aromatic rings. The van der Waals surface area contributed by atoms with Crippen molar-refractivity contribution in [2.75, 3.05) is 7.11 Å². The van der Waals surface area contributed by atoms with Crippen LogP contribution in [0.25, 0.3) is 16.9 Å². The highest BCUT2D eigenvalue weighted by Gasteiger charge is 2.13. The fourth-order valence-electron chi connectivity index (χ4n) is 2.36. The lowest BCUT2D eigenvalue weighted by molar-refractivity contribution is 0.0698. The monoisotopic (exact) mass is 282 g/mol. The molecule has 0 amide bonds. The molecule has 2 heterocycles. The van der Waals surface area contributed by atoms with Gasteiger partial charge in [-0.1, -0.05) is 0 Å². The Hall–Kier alpha value is -2.82. The summed E-state index contributed by atoms with van der Waals surface area (Å²) in [5, 5.41) is 9.22. The van der Waals surface area contributed by atoms with Crippen LogP contribution in [0.4, 0.5) is 0 Å². The molecule has 5 nitrogen and oxygen atoms in total. The Morgan fingerprint density at radius 1 is 1.33 bits per heavy atom. The second kappa shape index (κ2) is 4.94. The molecule has 0 bridgehead atoms. The Bertz CT molecular complexity index is 837. The smallest absolute Gasteiger partial charge is 0.339 e. The summed E-state index contributed by atoms with van der Waals surface area (Å²) in [7, 11) is 1.62. The van der Waals surface area contributed by atoms with Crippen molar-refractivity contribution in [3.05, 3.63) is 53.9 Å². The van der Waals surface area contributed by atoms with Crippen LogP contribution in [0.1, 0.15) is 15.9 Å². The normalized spacial score (nSPS) is 10.8. The molecule has 0 aliphatic heterocycles. The van der Waals surface area contributed by atoms with Crippen molar-refractivity contribution < 1.29 is 14.6 Å². The molecule has 0 fully saturated rings. The molecular formula is C16H14N2O3. The predicted molar refractivity (Wildman–Crippen MR) is 78.9 cm³/mol. The lowest BCUT2D eigenvalue weighted by atomic mass is 10.1. The second-order valence-electron chi connectivity index (χ2n) is 4.76. The number of imidazole rings is 1. The van der Waals surface area contributed by atoms with E-state index in [1.807, 2.05) is 31.3 Å². The average molecular weight is 282 g/mol. The van der Waals surface area contributed by atoms with Crippen LogP contribution in [0.2, 0.25) is 0 Å². The molecule has 21 heavy (non-hydrogen) atoms. The zero-order valence-electron chi connectivity index (χ0n) is 11.7. The number of hydrogen-bond donors (Lipinski definition) is 1. The van der Waals surface area contributed by atoms with Gasteiger partial charge in [0.2, 0.25) is 0 Å². The molecule has 0 radical (unpaired) electrons. The standard InChI is InChI=1S/C16H14N2O3/c1-10-8-11(21-2)5-6-12(10)14-9-18-7-3-4-13(16(19)20)15(18)17-14/h3-9H,1-2H3,(H,19,20). The lowest BCUT2D eigenvalue weighted by Crippen LogP contribution is -1.99. The number of fused-ring (bicyclic) bond motifs is 1. The van der Waals surface area contributed by atoms with Gasteiger partial charge in [-0.2, -0.15) is 0 Å². The van der Waals surface area contributed by atoms with Gasteiger partial charge < -0.3 is 14.2 Å². The summed E-state index contributed by atoms with van der Waals surface area (Å²) in [5.74, 6) is -0.199. The van der Waals surface area contributed by atoms with Gasteiger partial charge >= 0.3 is 5.97 Å². The molecule has 0 atom stereocenters. The molecule has 0 spiro atoms. The molecule has 2 aromatic heterocycles. The maximum atomic E-state index is 11.2. The highest BCUT2D eigenvalue weighted by Crippen LogP contribution is 2.27. The van der Waals surface area contributed by atoms with E-state index in [9.17, 15) is 9.90 Å². The topological polar surface area (TPSA) is 63.8 Å². The maximum absolute atomic E-state index is 11.2. The molecule has 5 heteroatoms. The molecular weight excluding hydrogens is 268 g/mol. The van der Waals surface area contributed by atoms with Crippen LogP contribution in [0.15, 0.2) is 42.7 Å². The molecule has 0 unspecified atom stereocenters. The quantitative estimate of drug-likeness (QED) is 0.802. The SMILES string of the molecule is COc1ccc(-c2cn3cccc(C(=O)O)c3n2)c(C)c1. The van der Waals surface area contributed by atoms with E-state index in [0.29, 0.717) is 5.65 Å². The van der Waals surface area contributed by atoms with Crippen LogP contribution in [0.5, 0.6) is 5.75 Å². The summed E-state index contributed by atoms with van der Waals surface area (Å²) >= 11 is 0. The Morgan fingerprint density at radius 2 is 2.14 bits per heavy atom. The lowest BCUT2D eigenvalue weighted by Gasteiger charge is -2.05. The summed E-state index contributed by atoms with van der Waals surface area (Å²) < 4.78 is 6.92. The number of aromatic nitrogens is 2. The second-order valence-corrected chi connectivity index (χ2v) is 4.76. The number of pyridine rings is 1. The van der Waals surface area contributed by atoms with Crippen molar-refractivity contribution in [1.29, 1.82) is 0 Å². The maximum Gasteiger partial charge on any atom is 0.339 e. The van der Waals surface area contributed by atoms with Gasteiger partial charge in [0, 0.05) is 18.0 Å². The van der Waals surface area contributed by atoms with Gasteiger partial charge in [0.25, 0.3) is 0 Å². The number of carboxylic acids is 1. The van der Waals surface area contributed by atoms with Crippen molar-refractivity contribution in [3.63, 3.8) is 0 Å². The average Bonchev–Trinajstić information content (AvgIpc) is 2.90. The van der Waals surface area contributed by atoms with Gasteiger partial charge in [-0.05, 0) is 42.8 Å². The summed E-state index contributed by atoms with van der Waals surface area (Å²) in [6.07, 6.45) is 3.62. The van der Waals surface area contributed by atoms with Gasteiger partial charge in [0.1, 0.15) is 11.3 Å². The minimum atomic E-state index is -0.982. The first-order valence-corrected chi connectivity index (χ1v) is 6.46. The molecule has 1 N–H and O–H groups in total. The van der Waals surface area contributed by atoms with Crippen molar-refractivity contribution >= 4 is 11.6 Å². The molecule has 0 aliphatic carbocycles. The number of carboxylic acid groups (broad SMARTS) is 1. The van der Waals surface area contributed by atoms with Crippen LogP contribution in [-0.4, -0.2) is 27.6 Å². The third-order valence-electron chi connectivity index (χ3n) is 3.42. The van der Waals surface area contributed by atoms with Crippen LogP contribution in [0.3, 0.4) is 0 Å². The van der Waals surface area contributed by atoms with Gasteiger partial charge in [0.05, 0.1) is 12.8 Å². The van der Waals surface area contributed by atoms with Crippen LogP contribution in [0, 0.1) is 6.92 Å². The third kappa shape index (κ3) is 2.23. The Balaban J connectivity index is 2.18. The minimum Gasteiger partial charge on any atom is -0.497 e. The molecule has 0 saturated carbocycles. The van der Waals surface area contributed by atoms with Crippen LogP contribution in [-0.2, 0) is 0 Å². The van der Waals surface area contributed by atoms with Gasteiger partial charge in [-0.25, -0.2) is 9.78 Å². The van der Waals surface area contributed by atoms with Crippen LogP contribution >= 0.6 is 0 Å². The van der Waals surface area contributed by atoms with E-state index in [2.05, 4.69) is 4.98 Å². The third-order valence-corrected chi connectivity index (χ3v) is 3.42.